The number of imidazole rings is 1. The first kappa shape index (κ1) is 24.9. The molecule has 2 aromatic carbocycles. The number of nitrogens with one attached hydrogen (secondary N) is 1. The SMILES string of the molecule is CN=C(NCCc1nccn1Cc1ccccc1)N1CCN(c2cc(F)ccc2F)CC1.I. The minimum atomic E-state index is -0.424. The number of aliphatic imine (C=N–C) groups is 1. The lowest BCUT2D eigenvalue weighted by Crippen LogP contribution is -2.53. The molecule has 3 aromatic rings. The van der Waals surface area contributed by atoms with Crippen molar-refractivity contribution in [1.82, 2.24) is 19.8 Å². The van der Waals surface area contributed by atoms with Crippen molar-refractivity contribution in [3.8, 4) is 0 Å². The van der Waals surface area contributed by atoms with Gasteiger partial charge < -0.3 is 19.7 Å². The van der Waals surface area contributed by atoms with Gasteiger partial charge in [0.1, 0.15) is 17.5 Å². The van der Waals surface area contributed by atoms with Crippen molar-refractivity contribution in [2.75, 3.05) is 44.7 Å². The predicted octanol–water partition coefficient (Wildman–Crippen LogP) is 3.77. The van der Waals surface area contributed by atoms with Gasteiger partial charge in [0.05, 0.1) is 5.69 Å². The van der Waals surface area contributed by atoms with Gasteiger partial charge in [-0.15, -0.1) is 24.0 Å². The van der Waals surface area contributed by atoms with E-state index in [2.05, 4.69) is 36.9 Å². The maximum absolute atomic E-state index is 14.1. The highest BCUT2D eigenvalue weighted by Crippen LogP contribution is 2.22. The minimum absolute atomic E-state index is 0. The normalized spacial score (nSPS) is 14.2. The largest absolute Gasteiger partial charge is 0.366 e. The van der Waals surface area contributed by atoms with Gasteiger partial charge >= 0.3 is 0 Å². The van der Waals surface area contributed by atoms with Crippen LogP contribution >= 0.6 is 24.0 Å². The van der Waals surface area contributed by atoms with Crippen LogP contribution in [-0.2, 0) is 13.0 Å². The van der Waals surface area contributed by atoms with E-state index < -0.39 is 11.6 Å². The van der Waals surface area contributed by atoms with Crippen molar-refractivity contribution in [3.05, 3.63) is 83.9 Å². The maximum atomic E-state index is 14.1. The quantitative estimate of drug-likeness (QED) is 0.281. The molecule has 9 heteroatoms. The summed E-state index contributed by atoms with van der Waals surface area (Å²) in [6.45, 7) is 4.06. The first-order chi connectivity index (χ1) is 15.6. The number of piperazine rings is 1. The Balaban J connectivity index is 0.00000306. The molecule has 176 valence electrons. The Labute approximate surface area is 210 Å². The lowest BCUT2D eigenvalue weighted by molar-refractivity contribution is 0.370. The molecule has 1 N–H and O–H groups in total. The van der Waals surface area contributed by atoms with Crippen molar-refractivity contribution in [3.63, 3.8) is 0 Å². The summed E-state index contributed by atoms with van der Waals surface area (Å²) in [7, 11) is 1.76. The highest BCUT2D eigenvalue weighted by molar-refractivity contribution is 14.0. The van der Waals surface area contributed by atoms with Gasteiger partial charge in [-0.1, -0.05) is 30.3 Å². The van der Waals surface area contributed by atoms with E-state index in [4.69, 9.17) is 0 Å². The van der Waals surface area contributed by atoms with Gasteiger partial charge in [0.2, 0.25) is 0 Å². The number of guanidine groups is 1. The van der Waals surface area contributed by atoms with E-state index >= 15 is 0 Å². The Morgan fingerprint density at radius 2 is 1.82 bits per heavy atom. The number of rotatable bonds is 6. The van der Waals surface area contributed by atoms with Gasteiger partial charge in [-0.05, 0) is 17.7 Å². The molecule has 0 radical (unpaired) electrons. The molecule has 1 fully saturated rings. The van der Waals surface area contributed by atoms with Crippen LogP contribution in [0.2, 0.25) is 0 Å². The topological polar surface area (TPSA) is 48.7 Å². The van der Waals surface area contributed by atoms with Crippen molar-refractivity contribution < 1.29 is 8.78 Å². The molecular weight excluding hydrogens is 537 g/mol. The number of anilines is 1. The van der Waals surface area contributed by atoms with Crippen LogP contribution in [0.3, 0.4) is 0 Å². The van der Waals surface area contributed by atoms with E-state index in [9.17, 15) is 8.78 Å². The number of hydrogen-bond acceptors (Lipinski definition) is 3. The predicted molar refractivity (Wildman–Crippen MR) is 138 cm³/mol. The van der Waals surface area contributed by atoms with Crippen LogP contribution in [0.15, 0.2) is 65.9 Å². The van der Waals surface area contributed by atoms with Gasteiger partial charge in [-0.3, -0.25) is 4.99 Å². The molecule has 33 heavy (non-hydrogen) atoms. The summed E-state index contributed by atoms with van der Waals surface area (Å²) in [6, 6.07) is 13.9. The van der Waals surface area contributed by atoms with Crippen LogP contribution in [0.25, 0.3) is 0 Å². The van der Waals surface area contributed by atoms with Crippen molar-refractivity contribution >= 4 is 35.6 Å². The van der Waals surface area contributed by atoms with Crippen LogP contribution < -0.4 is 10.2 Å². The van der Waals surface area contributed by atoms with Crippen LogP contribution in [0.4, 0.5) is 14.5 Å². The molecule has 6 nitrogen and oxygen atoms in total. The third-order valence-electron chi connectivity index (χ3n) is 5.67. The highest BCUT2D eigenvalue weighted by atomic mass is 127. The smallest absolute Gasteiger partial charge is 0.193 e. The van der Waals surface area contributed by atoms with Crippen LogP contribution in [0, 0.1) is 11.6 Å². The summed E-state index contributed by atoms with van der Waals surface area (Å²) >= 11 is 0. The first-order valence-corrected chi connectivity index (χ1v) is 10.8. The van der Waals surface area contributed by atoms with Crippen molar-refractivity contribution in [2.45, 2.75) is 13.0 Å². The maximum Gasteiger partial charge on any atom is 0.193 e. The van der Waals surface area contributed by atoms with Gasteiger partial charge in [0, 0.05) is 71.2 Å². The van der Waals surface area contributed by atoms with E-state index in [1.54, 1.807) is 7.05 Å². The summed E-state index contributed by atoms with van der Waals surface area (Å²) in [5, 5.41) is 3.41. The third kappa shape index (κ3) is 6.43. The summed E-state index contributed by atoms with van der Waals surface area (Å²) in [5.74, 6) is 1.01. The van der Waals surface area contributed by atoms with Crippen LogP contribution in [-0.4, -0.2) is 60.2 Å². The Morgan fingerprint density at radius 3 is 2.55 bits per heavy atom. The average molecular weight is 566 g/mol. The number of aromatic nitrogens is 2. The van der Waals surface area contributed by atoms with Gasteiger partial charge in [0.15, 0.2) is 5.96 Å². The third-order valence-corrected chi connectivity index (χ3v) is 5.67. The van der Waals surface area contributed by atoms with Gasteiger partial charge in [-0.2, -0.15) is 0 Å². The molecule has 2 heterocycles. The molecule has 0 bridgehead atoms. The van der Waals surface area contributed by atoms with Gasteiger partial charge in [0.25, 0.3) is 0 Å². The zero-order valence-electron chi connectivity index (χ0n) is 18.6. The summed E-state index contributed by atoms with van der Waals surface area (Å²) < 4.78 is 29.8. The van der Waals surface area contributed by atoms with Crippen molar-refractivity contribution in [1.29, 1.82) is 0 Å². The zero-order valence-corrected chi connectivity index (χ0v) is 21.0. The number of halogens is 3. The minimum Gasteiger partial charge on any atom is -0.366 e. The fourth-order valence-corrected chi connectivity index (χ4v) is 4.00. The molecule has 0 unspecified atom stereocenters. The molecule has 0 saturated carbocycles. The average Bonchev–Trinajstić information content (AvgIpc) is 3.26. The summed E-state index contributed by atoms with van der Waals surface area (Å²) in [5.41, 5.74) is 1.56. The van der Waals surface area contributed by atoms with E-state index in [1.165, 1.54) is 17.7 Å². The number of hydrogen-bond donors (Lipinski definition) is 1. The summed E-state index contributed by atoms with van der Waals surface area (Å²) in [6.07, 6.45) is 4.60. The number of nitrogens with zero attached hydrogens (tertiary/aromatic N) is 5. The molecule has 0 atom stereocenters. The summed E-state index contributed by atoms with van der Waals surface area (Å²) in [4.78, 5) is 12.9. The standard InChI is InChI=1S/C24H28F2N6.HI/c1-27-24(31-15-13-30(14-16-31)22-17-20(25)7-8-21(22)26)29-10-9-23-28-11-12-32(23)18-19-5-3-2-4-6-19;/h2-8,11-12,17H,9-10,13-16,18H2,1H3,(H,27,29);1H. The van der Waals surface area contributed by atoms with E-state index in [1.807, 2.05) is 35.5 Å². The second-order valence-electron chi connectivity index (χ2n) is 7.75. The monoisotopic (exact) mass is 566 g/mol. The lowest BCUT2D eigenvalue weighted by atomic mass is 10.2. The Hall–Kier alpha value is -2.69. The zero-order chi connectivity index (χ0) is 22.3. The molecule has 0 amide bonds. The molecular formula is C24H29F2IN6. The second kappa shape index (κ2) is 12.0. The number of benzene rings is 2. The Morgan fingerprint density at radius 1 is 1.06 bits per heavy atom. The van der Waals surface area contributed by atoms with Gasteiger partial charge in [-0.25, -0.2) is 13.8 Å². The molecule has 1 aromatic heterocycles. The molecule has 1 aliphatic heterocycles. The Bertz CT molecular complexity index is 1050. The fraction of sp³-hybridized carbons (Fsp3) is 0.333. The molecule has 0 spiro atoms. The van der Waals surface area contributed by atoms with Crippen LogP contribution in [0.1, 0.15) is 11.4 Å². The van der Waals surface area contributed by atoms with E-state index in [-0.39, 0.29) is 24.0 Å². The fourth-order valence-electron chi connectivity index (χ4n) is 4.00. The molecule has 1 aliphatic rings. The van der Waals surface area contributed by atoms with E-state index in [0.29, 0.717) is 38.4 Å². The lowest BCUT2D eigenvalue weighted by Gasteiger charge is -2.37. The van der Waals surface area contributed by atoms with E-state index in [0.717, 1.165) is 30.8 Å². The second-order valence-corrected chi connectivity index (χ2v) is 7.75. The highest BCUT2D eigenvalue weighted by Gasteiger charge is 2.22. The van der Waals surface area contributed by atoms with Crippen LogP contribution in [0.5, 0.6) is 0 Å². The molecule has 1 saturated heterocycles. The first-order valence-electron chi connectivity index (χ1n) is 10.8. The Kier molecular flexibility index (Phi) is 9.04. The van der Waals surface area contributed by atoms with Crippen molar-refractivity contribution in [2.24, 2.45) is 4.99 Å². The molecule has 4 rings (SSSR count). The molecule has 0 aliphatic carbocycles.